The number of hydrogen-bond donors (Lipinski definition) is 2. The van der Waals surface area contributed by atoms with Crippen LogP contribution in [0.2, 0.25) is 0 Å². The minimum absolute atomic E-state index is 0.0822. The number of pyridine rings is 1. The molecular weight excluding hydrogens is 445 g/mol. The van der Waals surface area contributed by atoms with E-state index in [9.17, 15) is 17.6 Å². The zero-order valence-electron chi connectivity index (χ0n) is 17.6. The lowest BCUT2D eigenvalue weighted by atomic mass is 10.2. The Morgan fingerprint density at radius 1 is 1.03 bits per heavy atom. The summed E-state index contributed by atoms with van der Waals surface area (Å²) in [5, 5.41) is 2.79. The van der Waals surface area contributed by atoms with Gasteiger partial charge in [0.15, 0.2) is 0 Å². The molecule has 0 aliphatic rings. The molecule has 0 unspecified atom stereocenters. The van der Waals surface area contributed by atoms with Gasteiger partial charge in [0.2, 0.25) is 0 Å². The lowest BCUT2D eigenvalue weighted by Gasteiger charge is -2.11. The number of nitrogens with zero attached hydrogens (tertiary/aromatic N) is 3. The second kappa shape index (κ2) is 9.21. The topological polar surface area (TPSA) is 106 Å². The molecule has 10 heteroatoms. The Labute approximate surface area is 190 Å². The lowest BCUT2D eigenvalue weighted by Crippen LogP contribution is -2.23. The largest absolute Gasteiger partial charge is 0.348 e. The van der Waals surface area contributed by atoms with E-state index >= 15 is 0 Å². The van der Waals surface area contributed by atoms with Crippen LogP contribution in [0.3, 0.4) is 0 Å². The highest BCUT2D eigenvalue weighted by Crippen LogP contribution is 2.18. The van der Waals surface area contributed by atoms with E-state index < -0.39 is 21.7 Å². The molecule has 33 heavy (non-hydrogen) atoms. The molecule has 2 aromatic carbocycles. The number of imidazole rings is 1. The van der Waals surface area contributed by atoms with Crippen molar-refractivity contribution in [2.75, 3.05) is 4.72 Å². The SMILES string of the molecule is Cc1nccn1-c1cc(CNC(=O)c2cccc(S(=O)(=O)Nc3ccc(F)cc3)c2)ccn1. The average Bonchev–Trinajstić information content (AvgIpc) is 3.25. The van der Waals surface area contributed by atoms with Gasteiger partial charge < -0.3 is 5.32 Å². The average molecular weight is 466 g/mol. The van der Waals surface area contributed by atoms with Crippen molar-refractivity contribution >= 4 is 21.6 Å². The maximum atomic E-state index is 13.1. The molecule has 0 saturated carbocycles. The van der Waals surface area contributed by atoms with Gasteiger partial charge in [0, 0.05) is 36.4 Å². The van der Waals surface area contributed by atoms with Crippen LogP contribution in [0.15, 0.2) is 84.1 Å². The number of carbonyl (C=O) groups is 1. The number of sulfonamides is 1. The first-order valence-electron chi connectivity index (χ1n) is 9.94. The molecular formula is C23H20FN5O3S. The maximum absolute atomic E-state index is 13.1. The number of rotatable bonds is 7. The van der Waals surface area contributed by atoms with Crippen molar-refractivity contribution in [3.05, 3.63) is 102 Å². The molecule has 2 aromatic heterocycles. The molecule has 0 atom stereocenters. The van der Waals surface area contributed by atoms with E-state index in [2.05, 4.69) is 20.0 Å². The molecule has 0 radical (unpaired) electrons. The highest BCUT2D eigenvalue weighted by molar-refractivity contribution is 7.92. The molecule has 0 aliphatic heterocycles. The van der Waals surface area contributed by atoms with E-state index in [1.54, 1.807) is 24.7 Å². The van der Waals surface area contributed by atoms with Crippen LogP contribution in [0, 0.1) is 12.7 Å². The highest BCUT2D eigenvalue weighted by Gasteiger charge is 2.17. The van der Waals surface area contributed by atoms with Crippen molar-refractivity contribution in [2.45, 2.75) is 18.4 Å². The first kappa shape index (κ1) is 22.2. The predicted octanol–water partition coefficient (Wildman–Crippen LogP) is 3.45. The van der Waals surface area contributed by atoms with E-state index in [0.717, 1.165) is 23.5 Å². The van der Waals surface area contributed by atoms with E-state index in [-0.39, 0.29) is 22.7 Å². The monoisotopic (exact) mass is 465 g/mol. The van der Waals surface area contributed by atoms with Gasteiger partial charge in [-0.15, -0.1) is 0 Å². The Hall–Kier alpha value is -4.05. The van der Waals surface area contributed by atoms with Gasteiger partial charge in [0.1, 0.15) is 17.5 Å². The molecule has 0 spiro atoms. The van der Waals surface area contributed by atoms with Crippen LogP contribution in [-0.2, 0) is 16.6 Å². The molecule has 0 aliphatic carbocycles. The normalized spacial score (nSPS) is 11.2. The third kappa shape index (κ3) is 5.24. The summed E-state index contributed by atoms with van der Waals surface area (Å²) in [6, 6.07) is 14.2. The number of halogens is 1. The van der Waals surface area contributed by atoms with Crippen LogP contribution < -0.4 is 10.0 Å². The van der Waals surface area contributed by atoms with Gasteiger partial charge in [-0.25, -0.2) is 22.8 Å². The molecule has 2 N–H and O–H groups in total. The van der Waals surface area contributed by atoms with Gasteiger partial charge in [-0.05, 0) is 67.1 Å². The van der Waals surface area contributed by atoms with Gasteiger partial charge >= 0.3 is 0 Å². The van der Waals surface area contributed by atoms with Gasteiger partial charge in [0.25, 0.3) is 15.9 Å². The minimum atomic E-state index is -3.95. The molecule has 8 nitrogen and oxygen atoms in total. The fourth-order valence-corrected chi connectivity index (χ4v) is 4.25. The quantitative estimate of drug-likeness (QED) is 0.435. The first-order chi connectivity index (χ1) is 15.8. The number of benzene rings is 2. The zero-order valence-corrected chi connectivity index (χ0v) is 18.4. The number of amides is 1. The summed E-state index contributed by atoms with van der Waals surface area (Å²) < 4.78 is 42.6. The Morgan fingerprint density at radius 2 is 1.82 bits per heavy atom. The van der Waals surface area contributed by atoms with E-state index in [4.69, 9.17) is 0 Å². The summed E-state index contributed by atoms with van der Waals surface area (Å²) in [7, 11) is -3.95. The maximum Gasteiger partial charge on any atom is 0.261 e. The Balaban J connectivity index is 1.46. The molecule has 4 rings (SSSR count). The van der Waals surface area contributed by atoms with Gasteiger partial charge in [0.05, 0.1) is 4.90 Å². The molecule has 0 saturated heterocycles. The number of nitrogens with one attached hydrogen (secondary N) is 2. The van der Waals surface area contributed by atoms with Crippen LogP contribution in [0.25, 0.3) is 5.82 Å². The fourth-order valence-electron chi connectivity index (χ4n) is 3.14. The molecule has 1 amide bonds. The van der Waals surface area contributed by atoms with E-state index in [1.165, 1.54) is 36.4 Å². The first-order valence-corrected chi connectivity index (χ1v) is 11.4. The van der Waals surface area contributed by atoms with Crippen LogP contribution in [0.4, 0.5) is 10.1 Å². The number of aryl methyl sites for hydroxylation is 1. The predicted molar refractivity (Wildman–Crippen MR) is 121 cm³/mol. The Kier molecular flexibility index (Phi) is 6.18. The summed E-state index contributed by atoms with van der Waals surface area (Å²) in [6.07, 6.45) is 5.12. The molecule has 0 bridgehead atoms. The number of carbonyl (C=O) groups excluding carboxylic acids is 1. The van der Waals surface area contributed by atoms with Gasteiger partial charge in [-0.2, -0.15) is 0 Å². The zero-order chi connectivity index (χ0) is 23.4. The third-order valence-electron chi connectivity index (χ3n) is 4.84. The van der Waals surface area contributed by atoms with Gasteiger partial charge in [-0.1, -0.05) is 6.07 Å². The Bertz CT molecular complexity index is 1400. The fraction of sp³-hybridized carbons (Fsp3) is 0.0870. The second-order valence-electron chi connectivity index (χ2n) is 7.19. The van der Waals surface area contributed by atoms with E-state index in [0.29, 0.717) is 5.82 Å². The van der Waals surface area contributed by atoms with Crippen molar-refractivity contribution in [1.29, 1.82) is 0 Å². The Morgan fingerprint density at radius 3 is 2.55 bits per heavy atom. The van der Waals surface area contributed by atoms with Crippen LogP contribution in [0.5, 0.6) is 0 Å². The number of aromatic nitrogens is 3. The van der Waals surface area contributed by atoms with Crippen molar-refractivity contribution in [1.82, 2.24) is 19.9 Å². The third-order valence-corrected chi connectivity index (χ3v) is 6.22. The molecule has 2 heterocycles. The van der Waals surface area contributed by atoms with Crippen molar-refractivity contribution in [3.8, 4) is 5.82 Å². The van der Waals surface area contributed by atoms with Crippen molar-refractivity contribution in [2.24, 2.45) is 0 Å². The molecule has 4 aromatic rings. The summed E-state index contributed by atoms with van der Waals surface area (Å²) in [5.74, 6) is 0.566. The van der Waals surface area contributed by atoms with E-state index in [1.807, 2.05) is 17.6 Å². The molecule has 168 valence electrons. The van der Waals surface area contributed by atoms with Gasteiger partial charge in [-0.3, -0.25) is 14.1 Å². The summed E-state index contributed by atoms with van der Waals surface area (Å²) in [5.41, 5.74) is 1.23. The smallest absolute Gasteiger partial charge is 0.261 e. The minimum Gasteiger partial charge on any atom is -0.348 e. The van der Waals surface area contributed by atoms with Crippen LogP contribution in [-0.4, -0.2) is 28.9 Å². The summed E-state index contributed by atoms with van der Waals surface area (Å²) in [6.45, 7) is 2.09. The summed E-state index contributed by atoms with van der Waals surface area (Å²) in [4.78, 5) is 21.1. The summed E-state index contributed by atoms with van der Waals surface area (Å²) >= 11 is 0. The number of anilines is 1. The van der Waals surface area contributed by atoms with Crippen molar-refractivity contribution < 1.29 is 17.6 Å². The van der Waals surface area contributed by atoms with Crippen LogP contribution >= 0.6 is 0 Å². The highest BCUT2D eigenvalue weighted by atomic mass is 32.2. The van der Waals surface area contributed by atoms with Crippen molar-refractivity contribution in [3.63, 3.8) is 0 Å². The lowest BCUT2D eigenvalue weighted by molar-refractivity contribution is 0.0950. The molecule has 0 fully saturated rings. The van der Waals surface area contributed by atoms with Crippen LogP contribution in [0.1, 0.15) is 21.7 Å². The standard InChI is InChI=1S/C23H20FN5O3S/c1-16-25-11-12-29(16)22-13-17(9-10-26-22)15-27-23(30)18-3-2-4-21(14-18)33(31,32)28-20-7-5-19(24)6-8-20/h2-14,28H,15H2,1H3,(H,27,30). The second-order valence-corrected chi connectivity index (χ2v) is 8.87. The number of hydrogen-bond acceptors (Lipinski definition) is 5.